The van der Waals surface area contributed by atoms with Gasteiger partial charge in [-0.1, -0.05) is 30.7 Å². The molecule has 1 aromatic carbocycles. The first-order valence-electron chi connectivity index (χ1n) is 5.51. The van der Waals surface area contributed by atoms with Crippen LogP contribution in [-0.4, -0.2) is 18.5 Å². The quantitative estimate of drug-likeness (QED) is 0.830. The van der Waals surface area contributed by atoms with Gasteiger partial charge in [0.05, 0.1) is 5.02 Å². The molecule has 0 aliphatic rings. The number of rotatable bonds is 5. The zero-order valence-electron chi connectivity index (χ0n) is 9.93. The first-order chi connectivity index (χ1) is 8.69. The molecule has 1 unspecified atom stereocenters. The van der Waals surface area contributed by atoms with Crippen molar-refractivity contribution in [1.29, 1.82) is 5.26 Å². The van der Waals surface area contributed by atoms with Gasteiger partial charge >= 0.3 is 0 Å². The smallest absolute Gasteiger partial charge is 0.261 e. The van der Waals surface area contributed by atoms with E-state index in [1.54, 1.807) is 30.3 Å². The lowest BCUT2D eigenvalue weighted by Gasteiger charge is -2.04. The molecule has 0 saturated heterocycles. The highest BCUT2D eigenvalue weighted by Crippen LogP contribution is 2.24. The number of nitrogens with one attached hydrogen (secondary N) is 1. The Kier molecular flexibility index (Phi) is 5.81. The SMILES string of the molecule is CCCNC(=O)C(C#N)N=Nc1ccccc1Cl. The van der Waals surface area contributed by atoms with Crippen LogP contribution in [0.1, 0.15) is 13.3 Å². The van der Waals surface area contributed by atoms with Gasteiger partial charge in [-0.2, -0.15) is 15.5 Å². The summed E-state index contributed by atoms with van der Waals surface area (Å²) in [6, 6.07) is 7.47. The van der Waals surface area contributed by atoms with Gasteiger partial charge in [-0.3, -0.25) is 4.79 Å². The number of carbonyl (C=O) groups excluding carboxylic acids is 1. The molecule has 1 N–H and O–H groups in total. The van der Waals surface area contributed by atoms with Crippen molar-refractivity contribution in [3.05, 3.63) is 29.3 Å². The number of amides is 1. The van der Waals surface area contributed by atoms with Gasteiger partial charge in [0, 0.05) is 6.54 Å². The lowest BCUT2D eigenvalue weighted by molar-refractivity contribution is -0.121. The second-order valence-electron chi connectivity index (χ2n) is 3.49. The van der Waals surface area contributed by atoms with E-state index in [-0.39, 0.29) is 0 Å². The molecule has 0 aromatic heterocycles. The van der Waals surface area contributed by atoms with E-state index in [4.69, 9.17) is 16.9 Å². The first kappa shape index (κ1) is 14.1. The third-order valence-electron chi connectivity index (χ3n) is 2.05. The van der Waals surface area contributed by atoms with Crippen LogP contribution in [-0.2, 0) is 4.79 Å². The van der Waals surface area contributed by atoms with Crippen LogP contribution in [0, 0.1) is 11.3 Å². The van der Waals surface area contributed by atoms with Crippen LogP contribution < -0.4 is 5.32 Å². The van der Waals surface area contributed by atoms with Crippen molar-refractivity contribution in [1.82, 2.24) is 5.32 Å². The maximum atomic E-state index is 11.5. The molecule has 6 heteroatoms. The highest BCUT2D eigenvalue weighted by atomic mass is 35.5. The van der Waals surface area contributed by atoms with E-state index in [1.165, 1.54) is 0 Å². The predicted molar refractivity (Wildman–Crippen MR) is 68.7 cm³/mol. The van der Waals surface area contributed by atoms with Crippen molar-refractivity contribution in [2.24, 2.45) is 10.2 Å². The molecule has 1 amide bonds. The van der Waals surface area contributed by atoms with Gasteiger partial charge in [0.15, 0.2) is 0 Å². The van der Waals surface area contributed by atoms with Gasteiger partial charge in [0.2, 0.25) is 6.04 Å². The molecule has 0 aliphatic carbocycles. The van der Waals surface area contributed by atoms with E-state index in [0.717, 1.165) is 6.42 Å². The molecule has 18 heavy (non-hydrogen) atoms. The average molecular weight is 265 g/mol. The summed E-state index contributed by atoms with van der Waals surface area (Å²) in [5.41, 5.74) is 0.433. The first-order valence-corrected chi connectivity index (χ1v) is 5.89. The molecule has 1 rings (SSSR count). The van der Waals surface area contributed by atoms with Gasteiger partial charge in [0.1, 0.15) is 11.8 Å². The lowest BCUT2D eigenvalue weighted by atomic mass is 10.3. The highest BCUT2D eigenvalue weighted by Gasteiger charge is 2.15. The Hall–Kier alpha value is -1.93. The molecule has 0 spiro atoms. The highest BCUT2D eigenvalue weighted by molar-refractivity contribution is 6.32. The average Bonchev–Trinajstić information content (AvgIpc) is 2.39. The third kappa shape index (κ3) is 4.15. The minimum absolute atomic E-state index is 0.423. The molecular formula is C12H13ClN4O. The van der Waals surface area contributed by atoms with E-state index in [0.29, 0.717) is 17.3 Å². The summed E-state index contributed by atoms with van der Waals surface area (Å²) in [6.45, 7) is 2.44. The van der Waals surface area contributed by atoms with Crippen molar-refractivity contribution in [2.75, 3.05) is 6.54 Å². The van der Waals surface area contributed by atoms with Crippen molar-refractivity contribution >= 4 is 23.2 Å². The predicted octanol–water partition coefficient (Wildman–Crippen LogP) is 2.84. The number of azo groups is 1. The van der Waals surface area contributed by atoms with Crippen LogP contribution in [0.25, 0.3) is 0 Å². The van der Waals surface area contributed by atoms with E-state index in [9.17, 15) is 4.79 Å². The number of nitriles is 1. The monoisotopic (exact) mass is 264 g/mol. The zero-order valence-corrected chi connectivity index (χ0v) is 10.7. The topological polar surface area (TPSA) is 77.6 Å². The molecular weight excluding hydrogens is 252 g/mol. The van der Waals surface area contributed by atoms with Crippen LogP contribution >= 0.6 is 11.6 Å². The Balaban J connectivity index is 2.72. The van der Waals surface area contributed by atoms with E-state index >= 15 is 0 Å². The minimum atomic E-state index is -1.15. The molecule has 5 nitrogen and oxygen atoms in total. The van der Waals surface area contributed by atoms with Crippen LogP contribution in [0.3, 0.4) is 0 Å². The van der Waals surface area contributed by atoms with Crippen molar-refractivity contribution < 1.29 is 4.79 Å². The maximum Gasteiger partial charge on any atom is 0.261 e. The van der Waals surface area contributed by atoms with Gasteiger partial charge in [-0.15, -0.1) is 0 Å². The van der Waals surface area contributed by atoms with Crippen LogP contribution in [0.5, 0.6) is 0 Å². The van der Waals surface area contributed by atoms with Gasteiger partial charge < -0.3 is 5.32 Å². The van der Waals surface area contributed by atoms with E-state index in [2.05, 4.69) is 15.5 Å². The fourth-order valence-electron chi connectivity index (χ4n) is 1.13. The minimum Gasteiger partial charge on any atom is -0.353 e. The zero-order chi connectivity index (χ0) is 13.4. The summed E-state index contributed by atoms with van der Waals surface area (Å²) >= 11 is 5.88. The Morgan fingerprint density at radius 3 is 2.89 bits per heavy atom. The van der Waals surface area contributed by atoms with Crippen molar-refractivity contribution in [2.45, 2.75) is 19.4 Å². The van der Waals surface area contributed by atoms with E-state index in [1.807, 2.05) is 6.92 Å². The molecule has 0 bridgehead atoms. The molecule has 1 aromatic rings. The number of nitrogens with zero attached hydrogens (tertiary/aromatic N) is 3. The molecule has 0 saturated carbocycles. The van der Waals surface area contributed by atoms with Gasteiger partial charge in [-0.25, -0.2) is 0 Å². The molecule has 1 atom stereocenters. The molecule has 0 fully saturated rings. The normalized spacial score (nSPS) is 12.1. The Morgan fingerprint density at radius 1 is 1.56 bits per heavy atom. The Labute approximate surface area is 110 Å². The lowest BCUT2D eigenvalue weighted by Crippen LogP contribution is -2.32. The van der Waals surface area contributed by atoms with Crippen molar-refractivity contribution in [3.8, 4) is 6.07 Å². The van der Waals surface area contributed by atoms with Crippen LogP contribution in [0.2, 0.25) is 5.02 Å². The summed E-state index contributed by atoms with van der Waals surface area (Å²) in [7, 11) is 0. The summed E-state index contributed by atoms with van der Waals surface area (Å²) in [6.07, 6.45) is 0.797. The number of benzene rings is 1. The largest absolute Gasteiger partial charge is 0.353 e. The van der Waals surface area contributed by atoms with E-state index < -0.39 is 11.9 Å². The Morgan fingerprint density at radius 2 is 2.28 bits per heavy atom. The summed E-state index contributed by atoms with van der Waals surface area (Å²) in [5, 5.41) is 19.4. The molecule has 0 radical (unpaired) electrons. The number of hydrogen-bond acceptors (Lipinski definition) is 4. The number of carbonyl (C=O) groups is 1. The summed E-state index contributed by atoms with van der Waals surface area (Å²) in [5.74, 6) is -0.449. The maximum absolute atomic E-state index is 11.5. The fraction of sp³-hybridized carbons (Fsp3) is 0.333. The van der Waals surface area contributed by atoms with Crippen LogP contribution in [0.15, 0.2) is 34.5 Å². The standard InChI is InChI=1S/C12H13ClN4O/c1-2-7-15-12(18)11(8-14)17-16-10-6-4-3-5-9(10)13/h3-6,11H,2,7H2,1H3,(H,15,18). The second kappa shape index (κ2) is 7.41. The van der Waals surface area contributed by atoms with Gasteiger partial charge in [-0.05, 0) is 18.6 Å². The number of hydrogen-bond donors (Lipinski definition) is 1. The summed E-state index contributed by atoms with van der Waals surface area (Å²) < 4.78 is 0. The molecule has 0 heterocycles. The second-order valence-corrected chi connectivity index (χ2v) is 3.90. The number of halogens is 1. The third-order valence-corrected chi connectivity index (χ3v) is 2.37. The van der Waals surface area contributed by atoms with Crippen LogP contribution in [0.4, 0.5) is 5.69 Å². The summed E-state index contributed by atoms with van der Waals surface area (Å²) in [4.78, 5) is 11.5. The molecule has 0 aliphatic heterocycles. The molecule has 94 valence electrons. The van der Waals surface area contributed by atoms with Crippen molar-refractivity contribution in [3.63, 3.8) is 0 Å². The fourth-order valence-corrected chi connectivity index (χ4v) is 1.31. The Bertz CT molecular complexity index is 481. The van der Waals surface area contributed by atoms with Gasteiger partial charge in [0.25, 0.3) is 5.91 Å².